The monoisotopic (exact) mass is 327 g/mol. The summed E-state index contributed by atoms with van der Waals surface area (Å²) >= 11 is 0. The summed E-state index contributed by atoms with van der Waals surface area (Å²) in [5.41, 5.74) is 1.17. The largest absolute Gasteiger partial charge is 0.363 e. The van der Waals surface area contributed by atoms with E-state index < -0.39 is 0 Å². The molecule has 2 aromatic heterocycles. The van der Waals surface area contributed by atoms with Crippen LogP contribution in [0.5, 0.6) is 0 Å². The summed E-state index contributed by atoms with van der Waals surface area (Å²) in [5, 5.41) is 3.45. The third-order valence-electron chi connectivity index (χ3n) is 4.24. The van der Waals surface area contributed by atoms with Crippen molar-refractivity contribution in [1.82, 2.24) is 19.9 Å². The Balaban J connectivity index is 1.65. The molecule has 1 N–H and O–H groups in total. The van der Waals surface area contributed by atoms with Gasteiger partial charge in [-0.3, -0.25) is 0 Å². The van der Waals surface area contributed by atoms with E-state index in [1.165, 1.54) is 5.56 Å². The van der Waals surface area contributed by atoms with Crippen molar-refractivity contribution in [3.05, 3.63) is 30.2 Å². The summed E-state index contributed by atoms with van der Waals surface area (Å²) in [4.78, 5) is 22.1. The number of nitrogens with zero attached hydrogens (tertiary/aromatic N) is 6. The van der Waals surface area contributed by atoms with Gasteiger partial charge in [-0.2, -0.15) is 4.98 Å². The highest BCUT2D eigenvalue weighted by atomic mass is 15.3. The molecule has 1 saturated heterocycles. The molecule has 1 atom stereocenters. The minimum absolute atomic E-state index is 0.297. The van der Waals surface area contributed by atoms with Crippen molar-refractivity contribution in [2.24, 2.45) is 0 Å². The third kappa shape index (κ3) is 3.90. The van der Waals surface area contributed by atoms with Crippen molar-refractivity contribution in [2.45, 2.75) is 32.2 Å². The zero-order valence-corrected chi connectivity index (χ0v) is 14.6. The Hall–Kier alpha value is -2.44. The van der Waals surface area contributed by atoms with E-state index in [0.29, 0.717) is 12.0 Å². The summed E-state index contributed by atoms with van der Waals surface area (Å²) < 4.78 is 0. The van der Waals surface area contributed by atoms with Crippen LogP contribution < -0.4 is 15.1 Å². The number of anilines is 3. The van der Waals surface area contributed by atoms with Gasteiger partial charge in [0.2, 0.25) is 11.9 Å². The highest BCUT2D eigenvalue weighted by Gasteiger charge is 2.22. The molecule has 0 radical (unpaired) electrons. The van der Waals surface area contributed by atoms with Gasteiger partial charge in [0, 0.05) is 51.8 Å². The Labute approximate surface area is 143 Å². The van der Waals surface area contributed by atoms with Crippen LogP contribution >= 0.6 is 0 Å². The van der Waals surface area contributed by atoms with E-state index in [0.717, 1.165) is 44.1 Å². The van der Waals surface area contributed by atoms with Crippen molar-refractivity contribution in [1.29, 1.82) is 0 Å². The van der Waals surface area contributed by atoms with Crippen molar-refractivity contribution in [2.75, 3.05) is 42.3 Å². The lowest BCUT2D eigenvalue weighted by atomic mass is 10.1. The summed E-state index contributed by atoms with van der Waals surface area (Å²) in [7, 11) is 3.96. The summed E-state index contributed by atoms with van der Waals surface area (Å²) in [6.45, 7) is 3.96. The van der Waals surface area contributed by atoms with E-state index in [-0.39, 0.29) is 0 Å². The fourth-order valence-corrected chi connectivity index (χ4v) is 2.82. The molecule has 0 aromatic carbocycles. The minimum Gasteiger partial charge on any atom is -0.363 e. The Morgan fingerprint density at radius 2 is 2.04 bits per heavy atom. The van der Waals surface area contributed by atoms with Crippen LogP contribution in [0.15, 0.2) is 24.7 Å². The topological polar surface area (TPSA) is 70.1 Å². The molecule has 2 aromatic rings. The van der Waals surface area contributed by atoms with Crippen LogP contribution in [0.2, 0.25) is 0 Å². The second-order valence-corrected chi connectivity index (χ2v) is 6.31. The van der Waals surface area contributed by atoms with Crippen LogP contribution in [0.4, 0.5) is 17.7 Å². The van der Waals surface area contributed by atoms with Crippen LogP contribution in [0.3, 0.4) is 0 Å². The summed E-state index contributed by atoms with van der Waals surface area (Å²) in [5.74, 6) is 2.38. The Morgan fingerprint density at radius 3 is 2.75 bits per heavy atom. The van der Waals surface area contributed by atoms with Gasteiger partial charge in [-0.25, -0.2) is 15.0 Å². The van der Waals surface area contributed by atoms with Gasteiger partial charge in [-0.15, -0.1) is 0 Å². The van der Waals surface area contributed by atoms with Crippen LogP contribution in [0.1, 0.15) is 25.3 Å². The number of aryl methyl sites for hydroxylation is 1. The minimum atomic E-state index is 0.297. The molecule has 0 aliphatic carbocycles. The highest BCUT2D eigenvalue weighted by Crippen LogP contribution is 2.19. The SMILES string of the molecule is CCc1cnc(N2CCCC(Nc3nccc(N(C)C)n3)C2)nc1. The zero-order valence-electron chi connectivity index (χ0n) is 14.6. The maximum absolute atomic E-state index is 4.54. The number of nitrogens with one attached hydrogen (secondary N) is 1. The first-order valence-electron chi connectivity index (χ1n) is 8.48. The van der Waals surface area contributed by atoms with E-state index in [9.17, 15) is 0 Å². The van der Waals surface area contributed by atoms with Crippen molar-refractivity contribution < 1.29 is 0 Å². The van der Waals surface area contributed by atoms with E-state index in [1.54, 1.807) is 6.20 Å². The number of rotatable bonds is 5. The molecule has 128 valence electrons. The van der Waals surface area contributed by atoms with Crippen molar-refractivity contribution >= 4 is 17.7 Å². The number of hydrogen-bond acceptors (Lipinski definition) is 7. The molecule has 1 fully saturated rings. The number of piperidine rings is 1. The third-order valence-corrected chi connectivity index (χ3v) is 4.24. The Morgan fingerprint density at radius 1 is 1.25 bits per heavy atom. The molecule has 1 aliphatic heterocycles. The molecular formula is C17H25N7. The van der Waals surface area contributed by atoms with E-state index in [2.05, 4.69) is 37.1 Å². The van der Waals surface area contributed by atoms with Crippen molar-refractivity contribution in [3.8, 4) is 0 Å². The number of aromatic nitrogens is 4. The molecule has 0 spiro atoms. The molecule has 24 heavy (non-hydrogen) atoms. The molecule has 1 unspecified atom stereocenters. The molecular weight excluding hydrogens is 302 g/mol. The van der Waals surface area contributed by atoms with E-state index in [4.69, 9.17) is 0 Å². The Bertz CT molecular complexity index is 656. The van der Waals surface area contributed by atoms with E-state index in [1.807, 2.05) is 37.5 Å². The van der Waals surface area contributed by atoms with Crippen LogP contribution in [0.25, 0.3) is 0 Å². The molecule has 0 amide bonds. The second-order valence-electron chi connectivity index (χ2n) is 6.31. The van der Waals surface area contributed by atoms with Crippen LogP contribution in [0, 0.1) is 0 Å². The maximum Gasteiger partial charge on any atom is 0.225 e. The normalized spacial score (nSPS) is 17.6. The number of hydrogen-bond donors (Lipinski definition) is 1. The van der Waals surface area contributed by atoms with Gasteiger partial charge < -0.3 is 15.1 Å². The van der Waals surface area contributed by atoms with Gasteiger partial charge in [-0.1, -0.05) is 6.92 Å². The lowest BCUT2D eigenvalue weighted by molar-refractivity contribution is 0.520. The lowest BCUT2D eigenvalue weighted by Gasteiger charge is -2.33. The standard InChI is InChI=1S/C17H25N7/c1-4-13-10-19-17(20-11-13)24-9-5-6-14(12-24)21-16-18-8-7-15(22-16)23(2)3/h7-8,10-11,14H,4-6,9,12H2,1-3H3,(H,18,21,22). The van der Waals surface area contributed by atoms with Gasteiger partial charge in [0.15, 0.2) is 0 Å². The first kappa shape index (κ1) is 16.4. The second kappa shape index (κ2) is 7.42. The fraction of sp³-hybridized carbons (Fsp3) is 0.529. The molecule has 0 saturated carbocycles. The van der Waals surface area contributed by atoms with Crippen molar-refractivity contribution in [3.63, 3.8) is 0 Å². The smallest absolute Gasteiger partial charge is 0.225 e. The van der Waals surface area contributed by atoms with Crippen LogP contribution in [-0.2, 0) is 6.42 Å². The molecule has 7 nitrogen and oxygen atoms in total. The van der Waals surface area contributed by atoms with Gasteiger partial charge >= 0.3 is 0 Å². The van der Waals surface area contributed by atoms with E-state index >= 15 is 0 Å². The predicted molar refractivity (Wildman–Crippen MR) is 96.6 cm³/mol. The van der Waals surface area contributed by atoms with Gasteiger partial charge in [-0.05, 0) is 30.9 Å². The first-order chi connectivity index (χ1) is 11.7. The summed E-state index contributed by atoms with van der Waals surface area (Å²) in [6, 6.07) is 2.20. The van der Waals surface area contributed by atoms with Gasteiger partial charge in [0.05, 0.1) is 0 Å². The molecule has 1 aliphatic rings. The lowest BCUT2D eigenvalue weighted by Crippen LogP contribution is -2.43. The quantitative estimate of drug-likeness (QED) is 0.900. The highest BCUT2D eigenvalue weighted by molar-refractivity contribution is 5.42. The Kier molecular flexibility index (Phi) is 5.08. The maximum atomic E-state index is 4.54. The molecule has 0 bridgehead atoms. The zero-order chi connectivity index (χ0) is 16.9. The average molecular weight is 327 g/mol. The van der Waals surface area contributed by atoms with Gasteiger partial charge in [0.1, 0.15) is 5.82 Å². The molecule has 3 rings (SSSR count). The first-order valence-corrected chi connectivity index (χ1v) is 8.48. The molecule has 3 heterocycles. The molecule has 7 heteroatoms. The predicted octanol–water partition coefficient (Wildman–Crippen LogP) is 1.98. The fourth-order valence-electron chi connectivity index (χ4n) is 2.82. The van der Waals surface area contributed by atoms with Crippen LogP contribution in [-0.4, -0.2) is 53.2 Å². The average Bonchev–Trinajstić information content (AvgIpc) is 2.62. The van der Waals surface area contributed by atoms with Gasteiger partial charge in [0.25, 0.3) is 0 Å². The summed E-state index contributed by atoms with van der Waals surface area (Å²) in [6.07, 6.45) is 8.79.